The second-order valence-corrected chi connectivity index (χ2v) is 8.31. The van der Waals surface area contributed by atoms with Crippen LogP contribution in [-0.4, -0.2) is 31.2 Å². The molecule has 118 valence electrons. The van der Waals surface area contributed by atoms with E-state index in [1.807, 2.05) is 19.1 Å². The quantitative estimate of drug-likeness (QED) is 0.773. The molecule has 2 unspecified atom stereocenters. The van der Waals surface area contributed by atoms with E-state index in [2.05, 4.69) is 6.92 Å². The van der Waals surface area contributed by atoms with Crippen LogP contribution in [0, 0.1) is 5.92 Å². The van der Waals surface area contributed by atoms with Gasteiger partial charge in [0, 0.05) is 18.5 Å². The van der Waals surface area contributed by atoms with E-state index in [9.17, 15) is 8.42 Å². The minimum atomic E-state index is -3.37. The summed E-state index contributed by atoms with van der Waals surface area (Å²) in [4.78, 5) is 0.401. The lowest BCUT2D eigenvalue weighted by atomic mass is 9.97. The fourth-order valence-corrected chi connectivity index (χ4v) is 4.73. The summed E-state index contributed by atoms with van der Waals surface area (Å²) in [5.74, 6) is 1.06. The lowest BCUT2D eigenvalue weighted by Gasteiger charge is -2.35. The third-order valence-corrected chi connectivity index (χ3v) is 6.45. The maximum atomic E-state index is 12.8. The van der Waals surface area contributed by atoms with Crippen LogP contribution in [0.5, 0.6) is 0 Å². The molecule has 1 saturated heterocycles. The number of nitrogens with zero attached hydrogens (tertiary/aromatic N) is 1. The molecule has 1 heterocycles. The van der Waals surface area contributed by atoms with Gasteiger partial charge in [-0.05, 0) is 56.2 Å². The molecule has 0 bridgehead atoms. The number of aryl methyl sites for hydroxylation is 1. The minimum Gasteiger partial charge on any atom is -0.207 e. The smallest absolute Gasteiger partial charge is 0.207 e. The van der Waals surface area contributed by atoms with Crippen molar-refractivity contribution in [3.8, 4) is 0 Å². The highest BCUT2D eigenvalue weighted by molar-refractivity contribution is 7.89. The Balaban J connectivity index is 2.18. The number of sulfonamides is 1. The van der Waals surface area contributed by atoms with E-state index in [1.165, 1.54) is 0 Å². The van der Waals surface area contributed by atoms with Crippen LogP contribution in [0.3, 0.4) is 0 Å². The Hall–Kier alpha value is -0.580. The topological polar surface area (TPSA) is 37.4 Å². The van der Waals surface area contributed by atoms with Crippen molar-refractivity contribution in [3.63, 3.8) is 0 Å². The number of hydrogen-bond acceptors (Lipinski definition) is 2. The summed E-state index contributed by atoms with van der Waals surface area (Å²) in [5.41, 5.74) is 1.13. The second kappa shape index (κ2) is 7.12. The standard InChI is InChI=1S/C16H24ClNO2S/c1-13-5-6-14(2)18(12-13)21(19,20)16-9-7-15(8-10-16)4-3-11-17/h7-10,13-14H,3-6,11-12H2,1-2H3. The van der Waals surface area contributed by atoms with Gasteiger partial charge in [0.15, 0.2) is 0 Å². The Bertz CT molecular complexity index is 556. The number of rotatable bonds is 5. The van der Waals surface area contributed by atoms with E-state index in [4.69, 9.17) is 11.6 Å². The van der Waals surface area contributed by atoms with E-state index in [0.717, 1.165) is 31.2 Å². The molecule has 0 N–H and O–H groups in total. The molecule has 2 rings (SSSR count). The number of halogens is 1. The van der Waals surface area contributed by atoms with Crippen molar-refractivity contribution in [2.75, 3.05) is 12.4 Å². The Labute approximate surface area is 133 Å². The number of piperidine rings is 1. The average molecular weight is 330 g/mol. The second-order valence-electron chi connectivity index (χ2n) is 6.04. The van der Waals surface area contributed by atoms with Gasteiger partial charge in [0.2, 0.25) is 10.0 Å². The van der Waals surface area contributed by atoms with Gasteiger partial charge < -0.3 is 0 Å². The molecule has 0 saturated carbocycles. The lowest BCUT2D eigenvalue weighted by molar-refractivity contribution is 0.218. The molecule has 0 aromatic heterocycles. The van der Waals surface area contributed by atoms with Crippen molar-refractivity contribution in [1.29, 1.82) is 0 Å². The molecule has 1 aromatic rings. The van der Waals surface area contributed by atoms with Crippen molar-refractivity contribution >= 4 is 21.6 Å². The number of benzene rings is 1. The Kier molecular flexibility index (Phi) is 5.69. The van der Waals surface area contributed by atoms with Gasteiger partial charge in [-0.1, -0.05) is 19.1 Å². The van der Waals surface area contributed by atoms with E-state index in [0.29, 0.717) is 23.2 Å². The van der Waals surface area contributed by atoms with Gasteiger partial charge in [0.05, 0.1) is 4.90 Å². The SMILES string of the molecule is CC1CCC(C)N(S(=O)(=O)c2ccc(CCCCl)cc2)C1. The average Bonchev–Trinajstić information content (AvgIpc) is 2.48. The molecule has 3 nitrogen and oxygen atoms in total. The Morgan fingerprint density at radius 3 is 2.48 bits per heavy atom. The van der Waals surface area contributed by atoms with Crippen molar-refractivity contribution in [1.82, 2.24) is 4.31 Å². The van der Waals surface area contributed by atoms with Gasteiger partial charge in [-0.15, -0.1) is 11.6 Å². The maximum absolute atomic E-state index is 12.8. The lowest BCUT2D eigenvalue weighted by Crippen LogP contribution is -2.44. The number of hydrogen-bond donors (Lipinski definition) is 0. The molecule has 1 fully saturated rings. The molecular weight excluding hydrogens is 306 g/mol. The summed E-state index contributed by atoms with van der Waals surface area (Å²) in [6, 6.07) is 7.34. The van der Waals surface area contributed by atoms with E-state index in [-0.39, 0.29) is 6.04 Å². The summed E-state index contributed by atoms with van der Waals surface area (Å²) in [7, 11) is -3.37. The van der Waals surface area contributed by atoms with Crippen molar-refractivity contribution < 1.29 is 8.42 Å². The fourth-order valence-electron chi connectivity index (χ4n) is 2.82. The van der Waals surface area contributed by atoms with Crippen molar-refractivity contribution in [3.05, 3.63) is 29.8 Å². The van der Waals surface area contributed by atoms with E-state index < -0.39 is 10.0 Å². The maximum Gasteiger partial charge on any atom is 0.243 e. The van der Waals surface area contributed by atoms with Crippen LogP contribution in [0.25, 0.3) is 0 Å². The zero-order chi connectivity index (χ0) is 15.5. The predicted molar refractivity (Wildman–Crippen MR) is 87.2 cm³/mol. The third-order valence-electron chi connectivity index (χ3n) is 4.19. The van der Waals surface area contributed by atoms with E-state index in [1.54, 1.807) is 16.4 Å². The molecule has 1 aliphatic heterocycles. The zero-order valence-electron chi connectivity index (χ0n) is 12.8. The summed E-state index contributed by atoms with van der Waals surface area (Å²) in [6.45, 7) is 4.74. The van der Waals surface area contributed by atoms with Gasteiger partial charge in [-0.2, -0.15) is 4.31 Å². The first-order valence-electron chi connectivity index (χ1n) is 7.62. The summed E-state index contributed by atoms with van der Waals surface area (Å²) in [6.07, 6.45) is 3.84. The highest BCUT2D eigenvalue weighted by Crippen LogP contribution is 2.28. The van der Waals surface area contributed by atoms with Crippen molar-refractivity contribution in [2.45, 2.75) is 50.5 Å². The normalized spacial score (nSPS) is 24.1. The molecule has 21 heavy (non-hydrogen) atoms. The third kappa shape index (κ3) is 3.99. The summed E-state index contributed by atoms with van der Waals surface area (Å²) in [5, 5.41) is 0. The zero-order valence-corrected chi connectivity index (χ0v) is 14.3. The van der Waals surface area contributed by atoms with Crippen LogP contribution >= 0.6 is 11.6 Å². The molecule has 0 amide bonds. The van der Waals surface area contributed by atoms with Gasteiger partial charge in [0.1, 0.15) is 0 Å². The first-order chi connectivity index (χ1) is 9.95. The molecule has 1 aliphatic rings. The Morgan fingerprint density at radius 2 is 1.86 bits per heavy atom. The summed E-state index contributed by atoms with van der Waals surface area (Å²) < 4.78 is 27.2. The van der Waals surface area contributed by atoms with Crippen LogP contribution < -0.4 is 0 Å². The first kappa shape index (κ1) is 16.8. The molecule has 2 atom stereocenters. The monoisotopic (exact) mass is 329 g/mol. The highest BCUT2D eigenvalue weighted by atomic mass is 35.5. The van der Waals surface area contributed by atoms with Crippen LogP contribution in [0.15, 0.2) is 29.2 Å². The molecular formula is C16H24ClNO2S. The highest BCUT2D eigenvalue weighted by Gasteiger charge is 2.33. The van der Waals surface area contributed by atoms with Crippen LogP contribution in [-0.2, 0) is 16.4 Å². The summed E-state index contributed by atoms with van der Waals surface area (Å²) >= 11 is 5.68. The Morgan fingerprint density at radius 1 is 1.19 bits per heavy atom. The molecule has 0 spiro atoms. The molecule has 0 aliphatic carbocycles. The minimum absolute atomic E-state index is 0.0853. The van der Waals surface area contributed by atoms with E-state index >= 15 is 0 Å². The number of alkyl halides is 1. The fraction of sp³-hybridized carbons (Fsp3) is 0.625. The van der Waals surface area contributed by atoms with Gasteiger partial charge in [-0.25, -0.2) is 8.42 Å². The largest absolute Gasteiger partial charge is 0.243 e. The van der Waals surface area contributed by atoms with Gasteiger partial charge in [-0.3, -0.25) is 0 Å². The van der Waals surface area contributed by atoms with Crippen molar-refractivity contribution in [2.24, 2.45) is 5.92 Å². The first-order valence-corrected chi connectivity index (χ1v) is 9.59. The van der Waals surface area contributed by atoms with Crippen LogP contribution in [0.1, 0.15) is 38.7 Å². The molecule has 0 radical (unpaired) electrons. The molecule has 1 aromatic carbocycles. The van der Waals surface area contributed by atoms with Crippen LogP contribution in [0.4, 0.5) is 0 Å². The van der Waals surface area contributed by atoms with Gasteiger partial charge in [0.25, 0.3) is 0 Å². The predicted octanol–water partition coefficient (Wildman–Crippen LogP) is 3.67. The molecule has 5 heteroatoms. The van der Waals surface area contributed by atoms with Gasteiger partial charge >= 0.3 is 0 Å². The van der Waals surface area contributed by atoms with Crippen LogP contribution in [0.2, 0.25) is 0 Å².